The van der Waals surface area contributed by atoms with Gasteiger partial charge in [0, 0.05) is 38.5 Å². The van der Waals surface area contributed by atoms with Crippen LogP contribution >= 0.6 is 0 Å². The van der Waals surface area contributed by atoms with Crippen LogP contribution in [0.2, 0.25) is 0 Å². The van der Waals surface area contributed by atoms with Gasteiger partial charge in [-0.05, 0) is 26.4 Å². The number of carbonyl (C=O) groups excluding carboxylic acids is 1. The lowest BCUT2D eigenvalue weighted by molar-refractivity contribution is 0.227. The number of urea groups is 1. The largest absolute Gasteiger partial charge is 0.396 e. The smallest absolute Gasteiger partial charge is 0.314 e. The van der Waals surface area contributed by atoms with Crippen LogP contribution in [-0.4, -0.2) is 59.6 Å². The molecule has 2 amide bonds. The van der Waals surface area contributed by atoms with Crippen LogP contribution in [-0.2, 0) is 7.05 Å². The van der Waals surface area contributed by atoms with E-state index in [0.717, 1.165) is 5.56 Å². The van der Waals surface area contributed by atoms with Crippen molar-refractivity contribution in [3.8, 4) is 0 Å². The average molecular weight is 297 g/mol. The summed E-state index contributed by atoms with van der Waals surface area (Å²) < 4.78 is 1.75. The van der Waals surface area contributed by atoms with Crippen LogP contribution < -0.4 is 10.6 Å². The van der Waals surface area contributed by atoms with Crippen molar-refractivity contribution < 1.29 is 9.90 Å². The number of aliphatic hydroxyl groups is 1. The van der Waals surface area contributed by atoms with Crippen molar-refractivity contribution in [3.63, 3.8) is 0 Å². The SMILES string of the molecule is CC(CCO)CNC(=O)NCC(c1cnn(C)c1)N(C)C. The second-order valence-corrected chi connectivity index (χ2v) is 5.64. The summed E-state index contributed by atoms with van der Waals surface area (Å²) in [5.74, 6) is 0.267. The minimum absolute atomic E-state index is 0.0827. The lowest BCUT2D eigenvalue weighted by Gasteiger charge is -2.23. The number of rotatable bonds is 8. The van der Waals surface area contributed by atoms with E-state index < -0.39 is 0 Å². The number of hydrogen-bond donors (Lipinski definition) is 3. The zero-order chi connectivity index (χ0) is 15.8. The van der Waals surface area contributed by atoms with E-state index in [4.69, 9.17) is 5.11 Å². The number of aromatic nitrogens is 2. The topological polar surface area (TPSA) is 82.4 Å². The molecule has 3 N–H and O–H groups in total. The molecule has 0 fully saturated rings. The molecule has 7 nitrogen and oxygen atoms in total. The number of likely N-dealkylation sites (N-methyl/N-ethyl adjacent to an activating group) is 1. The Hall–Kier alpha value is -1.60. The van der Waals surface area contributed by atoms with Gasteiger partial charge in [0.2, 0.25) is 0 Å². The summed E-state index contributed by atoms with van der Waals surface area (Å²) in [4.78, 5) is 13.8. The first kappa shape index (κ1) is 17.5. The summed E-state index contributed by atoms with van der Waals surface area (Å²) in [6, 6.07) is -0.102. The van der Waals surface area contributed by atoms with Gasteiger partial charge >= 0.3 is 6.03 Å². The number of nitrogens with zero attached hydrogens (tertiary/aromatic N) is 3. The van der Waals surface area contributed by atoms with Gasteiger partial charge in [0.05, 0.1) is 12.2 Å². The van der Waals surface area contributed by atoms with E-state index in [-0.39, 0.29) is 24.6 Å². The maximum Gasteiger partial charge on any atom is 0.314 e. The first-order valence-corrected chi connectivity index (χ1v) is 7.21. The molecular formula is C14H27N5O2. The van der Waals surface area contributed by atoms with Gasteiger partial charge in [0.25, 0.3) is 0 Å². The van der Waals surface area contributed by atoms with Crippen LogP contribution in [0.1, 0.15) is 24.9 Å². The van der Waals surface area contributed by atoms with E-state index in [2.05, 4.69) is 15.7 Å². The van der Waals surface area contributed by atoms with Crippen molar-refractivity contribution >= 4 is 6.03 Å². The minimum Gasteiger partial charge on any atom is -0.396 e. The Morgan fingerprint density at radius 3 is 2.62 bits per heavy atom. The third-order valence-corrected chi connectivity index (χ3v) is 3.42. The second kappa shape index (κ2) is 8.63. The molecule has 1 heterocycles. The molecule has 0 aliphatic heterocycles. The number of hydrogen-bond acceptors (Lipinski definition) is 4. The fourth-order valence-electron chi connectivity index (χ4n) is 2.05. The number of carbonyl (C=O) groups is 1. The minimum atomic E-state index is -0.185. The first-order chi connectivity index (χ1) is 9.93. The molecule has 0 spiro atoms. The van der Waals surface area contributed by atoms with Crippen molar-refractivity contribution in [2.24, 2.45) is 13.0 Å². The van der Waals surface area contributed by atoms with Crippen LogP contribution in [0.4, 0.5) is 4.79 Å². The highest BCUT2D eigenvalue weighted by Gasteiger charge is 2.16. The van der Waals surface area contributed by atoms with Gasteiger partial charge in [-0.1, -0.05) is 6.92 Å². The summed E-state index contributed by atoms with van der Waals surface area (Å²) in [5, 5.41) is 18.7. The Morgan fingerprint density at radius 2 is 2.10 bits per heavy atom. The molecule has 0 bridgehead atoms. The molecule has 7 heteroatoms. The molecule has 1 aromatic heterocycles. The van der Waals surface area contributed by atoms with Gasteiger partial charge in [-0.25, -0.2) is 4.79 Å². The first-order valence-electron chi connectivity index (χ1n) is 7.21. The second-order valence-electron chi connectivity index (χ2n) is 5.64. The van der Waals surface area contributed by atoms with E-state index in [1.807, 2.05) is 45.4 Å². The van der Waals surface area contributed by atoms with E-state index >= 15 is 0 Å². The maximum absolute atomic E-state index is 11.8. The van der Waals surface area contributed by atoms with Crippen molar-refractivity contribution in [2.75, 3.05) is 33.8 Å². The summed E-state index contributed by atoms with van der Waals surface area (Å²) in [7, 11) is 5.82. The van der Waals surface area contributed by atoms with Gasteiger partial charge in [0.1, 0.15) is 0 Å². The fraction of sp³-hybridized carbons (Fsp3) is 0.714. The summed E-state index contributed by atoms with van der Waals surface area (Å²) in [5.41, 5.74) is 1.07. The maximum atomic E-state index is 11.8. The van der Waals surface area contributed by atoms with E-state index in [9.17, 15) is 4.79 Å². The van der Waals surface area contributed by atoms with Crippen molar-refractivity contribution in [1.82, 2.24) is 25.3 Å². The summed E-state index contributed by atoms with van der Waals surface area (Å²) >= 11 is 0. The van der Waals surface area contributed by atoms with Crippen molar-refractivity contribution in [3.05, 3.63) is 18.0 Å². The molecule has 1 rings (SSSR count). The molecule has 21 heavy (non-hydrogen) atoms. The molecule has 0 aromatic carbocycles. The van der Waals surface area contributed by atoms with E-state index in [0.29, 0.717) is 19.5 Å². The Labute approximate surface area is 126 Å². The third-order valence-electron chi connectivity index (χ3n) is 3.42. The van der Waals surface area contributed by atoms with E-state index in [1.165, 1.54) is 0 Å². The zero-order valence-corrected chi connectivity index (χ0v) is 13.3. The molecule has 2 unspecified atom stereocenters. The Balaban J connectivity index is 2.41. The van der Waals surface area contributed by atoms with Gasteiger partial charge in [-0.15, -0.1) is 0 Å². The van der Waals surface area contributed by atoms with Crippen LogP contribution in [0.15, 0.2) is 12.4 Å². The summed E-state index contributed by atoms with van der Waals surface area (Å²) in [6.45, 7) is 3.22. The van der Waals surface area contributed by atoms with Crippen LogP contribution in [0.3, 0.4) is 0 Å². The monoisotopic (exact) mass is 297 g/mol. The van der Waals surface area contributed by atoms with Crippen molar-refractivity contribution in [2.45, 2.75) is 19.4 Å². The molecule has 0 saturated heterocycles. The Bertz CT molecular complexity index is 433. The average Bonchev–Trinajstić information content (AvgIpc) is 2.83. The van der Waals surface area contributed by atoms with Gasteiger partial charge < -0.3 is 20.6 Å². The third kappa shape index (κ3) is 6.14. The molecule has 0 aliphatic carbocycles. The zero-order valence-electron chi connectivity index (χ0n) is 13.3. The lowest BCUT2D eigenvalue weighted by atomic mass is 10.1. The van der Waals surface area contributed by atoms with Crippen LogP contribution in [0.25, 0.3) is 0 Å². The Kier molecular flexibility index (Phi) is 7.18. The fourth-order valence-corrected chi connectivity index (χ4v) is 2.05. The Morgan fingerprint density at radius 1 is 1.43 bits per heavy atom. The predicted octanol–water partition coefficient (Wildman–Crippen LogP) is 0.341. The molecule has 1 aromatic rings. The summed E-state index contributed by atoms with van der Waals surface area (Å²) in [6.07, 6.45) is 4.46. The van der Waals surface area contributed by atoms with E-state index in [1.54, 1.807) is 4.68 Å². The standard InChI is InChI=1S/C14H27N5O2/c1-11(5-6-20)7-15-14(21)16-9-13(18(2)3)12-8-17-19(4)10-12/h8,10-11,13,20H,5-7,9H2,1-4H3,(H2,15,16,21). The number of aliphatic hydroxyl groups excluding tert-OH is 1. The highest BCUT2D eigenvalue weighted by molar-refractivity contribution is 5.73. The molecule has 2 atom stereocenters. The van der Waals surface area contributed by atoms with Crippen LogP contribution in [0.5, 0.6) is 0 Å². The molecule has 0 saturated carbocycles. The normalized spacial score (nSPS) is 14.0. The quantitative estimate of drug-likeness (QED) is 0.646. The van der Waals surface area contributed by atoms with Crippen molar-refractivity contribution in [1.29, 1.82) is 0 Å². The molecular weight excluding hydrogens is 270 g/mol. The lowest BCUT2D eigenvalue weighted by Crippen LogP contribution is -2.41. The highest BCUT2D eigenvalue weighted by atomic mass is 16.3. The number of nitrogens with one attached hydrogen (secondary N) is 2. The number of amides is 2. The molecule has 0 aliphatic rings. The molecule has 0 radical (unpaired) electrons. The number of aryl methyl sites for hydroxylation is 1. The van der Waals surface area contributed by atoms with Gasteiger partial charge in [0.15, 0.2) is 0 Å². The van der Waals surface area contributed by atoms with Gasteiger partial charge in [-0.3, -0.25) is 4.68 Å². The predicted molar refractivity (Wildman–Crippen MR) is 81.9 cm³/mol. The van der Waals surface area contributed by atoms with Crippen LogP contribution in [0, 0.1) is 5.92 Å². The molecule has 120 valence electrons. The highest BCUT2D eigenvalue weighted by Crippen LogP contribution is 2.15. The van der Waals surface area contributed by atoms with Gasteiger partial charge in [-0.2, -0.15) is 5.10 Å².